The van der Waals surface area contributed by atoms with Gasteiger partial charge in [-0.25, -0.2) is 4.79 Å². The summed E-state index contributed by atoms with van der Waals surface area (Å²) in [5, 5.41) is 28.5. The van der Waals surface area contributed by atoms with Crippen LogP contribution in [0.15, 0.2) is 24.3 Å². The summed E-state index contributed by atoms with van der Waals surface area (Å²) in [6.45, 7) is -0.479. The van der Waals surface area contributed by atoms with Crippen molar-refractivity contribution in [2.24, 2.45) is 0 Å². The number of hydrogen-bond acceptors (Lipinski definition) is 6. The fraction of sp³-hybridized carbons (Fsp3) is 0.417. The maximum absolute atomic E-state index is 11.8. The van der Waals surface area contributed by atoms with Gasteiger partial charge in [0, 0.05) is 5.02 Å². The average Bonchev–Trinajstić information content (AvgIpc) is 2.67. The lowest BCUT2D eigenvalue weighted by Crippen LogP contribution is -2.35. The maximum atomic E-state index is 11.8. The van der Waals surface area contributed by atoms with Gasteiger partial charge >= 0.3 is 5.97 Å². The summed E-state index contributed by atoms with van der Waals surface area (Å²) in [4.78, 5) is 11.8. The van der Waals surface area contributed by atoms with Crippen LogP contribution in [0.5, 0.6) is 0 Å². The lowest BCUT2D eigenvalue weighted by molar-refractivity contribution is -0.139. The first-order chi connectivity index (χ1) is 9.02. The highest BCUT2D eigenvalue weighted by Crippen LogP contribution is 2.23. The molecule has 0 radical (unpaired) electrons. The smallest absolute Gasteiger partial charge is 0.340 e. The predicted octanol–water partition coefficient (Wildman–Crippen LogP) is -0.0642. The Kier molecular flexibility index (Phi) is 4.38. The summed E-state index contributed by atoms with van der Waals surface area (Å²) in [5.41, 5.74) is 0.238. The van der Waals surface area contributed by atoms with E-state index >= 15 is 0 Å². The van der Waals surface area contributed by atoms with Crippen LogP contribution in [-0.2, 0) is 9.47 Å². The van der Waals surface area contributed by atoms with Crippen LogP contribution in [0.25, 0.3) is 0 Å². The molecular weight excluding hydrogens is 276 g/mol. The van der Waals surface area contributed by atoms with Gasteiger partial charge in [0.15, 0.2) is 0 Å². The minimum absolute atomic E-state index is 0.238. The first-order valence-electron chi connectivity index (χ1n) is 5.62. The molecule has 2 rings (SSSR count). The fourth-order valence-corrected chi connectivity index (χ4v) is 1.85. The third-order valence-corrected chi connectivity index (χ3v) is 3.05. The van der Waals surface area contributed by atoms with Gasteiger partial charge in [-0.3, -0.25) is 0 Å². The Morgan fingerprint density at radius 3 is 2.42 bits per heavy atom. The van der Waals surface area contributed by atoms with Gasteiger partial charge in [-0.1, -0.05) is 11.6 Å². The van der Waals surface area contributed by atoms with Gasteiger partial charge in [0.1, 0.15) is 18.3 Å². The van der Waals surface area contributed by atoms with Crippen molar-refractivity contribution in [2.45, 2.75) is 24.6 Å². The molecule has 4 atom stereocenters. The number of esters is 1. The van der Waals surface area contributed by atoms with Crippen LogP contribution in [-0.4, -0.2) is 52.5 Å². The van der Waals surface area contributed by atoms with E-state index in [1.807, 2.05) is 0 Å². The van der Waals surface area contributed by atoms with E-state index < -0.39 is 37.2 Å². The predicted molar refractivity (Wildman–Crippen MR) is 64.6 cm³/mol. The molecule has 1 heterocycles. The number of aliphatic hydroxyl groups excluding tert-OH is 3. The van der Waals surface area contributed by atoms with Crippen molar-refractivity contribution in [1.82, 2.24) is 0 Å². The molecule has 1 unspecified atom stereocenters. The van der Waals surface area contributed by atoms with Gasteiger partial charge in [-0.15, -0.1) is 0 Å². The van der Waals surface area contributed by atoms with E-state index in [1.54, 1.807) is 0 Å². The number of rotatable bonds is 3. The Bertz CT molecular complexity index is 448. The zero-order valence-corrected chi connectivity index (χ0v) is 10.5. The van der Waals surface area contributed by atoms with Crippen molar-refractivity contribution >= 4 is 17.6 Å². The molecule has 0 spiro atoms. The molecule has 0 aromatic heterocycles. The van der Waals surface area contributed by atoms with Gasteiger partial charge in [-0.05, 0) is 24.3 Å². The lowest BCUT2D eigenvalue weighted by Gasteiger charge is -2.15. The molecule has 0 aliphatic carbocycles. The van der Waals surface area contributed by atoms with E-state index in [1.165, 1.54) is 24.3 Å². The van der Waals surface area contributed by atoms with Crippen LogP contribution in [0, 0.1) is 0 Å². The van der Waals surface area contributed by atoms with Crippen LogP contribution in [0.1, 0.15) is 10.4 Å². The Morgan fingerprint density at radius 1 is 1.26 bits per heavy atom. The highest BCUT2D eigenvalue weighted by Gasteiger charge is 2.44. The molecule has 1 saturated heterocycles. The number of benzene rings is 1. The number of carbonyl (C=O) groups is 1. The minimum atomic E-state index is -1.39. The first kappa shape index (κ1) is 14.2. The van der Waals surface area contributed by atoms with E-state index in [9.17, 15) is 15.0 Å². The molecule has 7 heteroatoms. The van der Waals surface area contributed by atoms with E-state index in [-0.39, 0.29) is 5.56 Å². The summed E-state index contributed by atoms with van der Waals surface area (Å²) in [6.07, 6.45) is -4.98. The quantitative estimate of drug-likeness (QED) is 0.674. The van der Waals surface area contributed by atoms with Crippen molar-refractivity contribution in [3.8, 4) is 0 Å². The monoisotopic (exact) mass is 288 g/mol. The molecule has 1 aliphatic heterocycles. The maximum Gasteiger partial charge on any atom is 0.340 e. The Labute approximate surface area is 114 Å². The number of carbonyl (C=O) groups excluding carboxylic acids is 1. The van der Waals surface area contributed by atoms with Crippen LogP contribution < -0.4 is 0 Å². The Balaban J connectivity index is 2.01. The molecular formula is C12H13ClO6. The standard InChI is InChI=1S/C12H13ClO6/c13-7-3-1-6(2-4-7)11(17)19-12-10(16)9(15)8(5-14)18-12/h1-4,8-10,12,14-16H,5H2/t8-,9-,10-,12?/m1/s1. The third-order valence-electron chi connectivity index (χ3n) is 2.80. The molecule has 19 heavy (non-hydrogen) atoms. The molecule has 6 nitrogen and oxygen atoms in total. The second kappa shape index (κ2) is 5.85. The number of aliphatic hydroxyl groups is 3. The summed E-state index contributed by atoms with van der Waals surface area (Å²) in [7, 11) is 0. The molecule has 104 valence electrons. The van der Waals surface area contributed by atoms with Gasteiger partial charge < -0.3 is 24.8 Å². The molecule has 0 saturated carbocycles. The zero-order valence-electron chi connectivity index (χ0n) is 9.77. The Morgan fingerprint density at radius 2 is 1.89 bits per heavy atom. The van der Waals surface area contributed by atoms with Crippen molar-refractivity contribution in [3.05, 3.63) is 34.9 Å². The lowest BCUT2D eigenvalue weighted by atomic mass is 10.1. The van der Waals surface area contributed by atoms with Crippen molar-refractivity contribution in [1.29, 1.82) is 0 Å². The zero-order chi connectivity index (χ0) is 14.0. The van der Waals surface area contributed by atoms with Crippen molar-refractivity contribution in [2.75, 3.05) is 6.61 Å². The SMILES string of the molecule is O=C(OC1O[C@H](CO)[C@@H](O)[C@H]1O)c1ccc(Cl)cc1. The second-order valence-corrected chi connectivity index (χ2v) is 4.56. The molecule has 1 aromatic rings. The summed E-state index contributed by atoms with van der Waals surface area (Å²) < 4.78 is 9.96. The first-order valence-corrected chi connectivity index (χ1v) is 5.99. The summed E-state index contributed by atoms with van der Waals surface area (Å²) in [5.74, 6) is -0.716. The van der Waals surface area contributed by atoms with Crippen molar-refractivity contribution in [3.63, 3.8) is 0 Å². The third kappa shape index (κ3) is 3.05. The minimum Gasteiger partial charge on any atom is -0.429 e. The van der Waals surface area contributed by atoms with Crippen LogP contribution in [0.3, 0.4) is 0 Å². The van der Waals surface area contributed by atoms with Crippen LogP contribution >= 0.6 is 11.6 Å². The molecule has 0 bridgehead atoms. The normalized spacial score (nSPS) is 30.3. The second-order valence-electron chi connectivity index (χ2n) is 4.12. The largest absolute Gasteiger partial charge is 0.429 e. The van der Waals surface area contributed by atoms with Gasteiger partial charge in [0.05, 0.1) is 12.2 Å². The van der Waals surface area contributed by atoms with E-state index in [0.29, 0.717) is 5.02 Å². The number of ether oxygens (including phenoxy) is 2. The van der Waals surface area contributed by atoms with Gasteiger partial charge in [-0.2, -0.15) is 0 Å². The molecule has 0 amide bonds. The van der Waals surface area contributed by atoms with E-state index in [2.05, 4.69) is 0 Å². The molecule has 1 aromatic carbocycles. The summed E-state index contributed by atoms with van der Waals surface area (Å²) in [6, 6.07) is 5.98. The highest BCUT2D eigenvalue weighted by atomic mass is 35.5. The molecule has 1 fully saturated rings. The number of hydrogen-bond donors (Lipinski definition) is 3. The van der Waals surface area contributed by atoms with E-state index in [4.69, 9.17) is 26.2 Å². The van der Waals surface area contributed by atoms with Crippen LogP contribution in [0.4, 0.5) is 0 Å². The topological polar surface area (TPSA) is 96.2 Å². The molecule has 3 N–H and O–H groups in total. The van der Waals surface area contributed by atoms with Crippen molar-refractivity contribution < 1.29 is 29.6 Å². The van der Waals surface area contributed by atoms with Gasteiger partial charge in [0.2, 0.25) is 6.29 Å². The van der Waals surface area contributed by atoms with Gasteiger partial charge in [0.25, 0.3) is 0 Å². The fourth-order valence-electron chi connectivity index (χ4n) is 1.72. The average molecular weight is 289 g/mol. The molecule has 1 aliphatic rings. The number of halogens is 1. The highest BCUT2D eigenvalue weighted by molar-refractivity contribution is 6.30. The Hall–Kier alpha value is -1.18. The van der Waals surface area contributed by atoms with E-state index in [0.717, 1.165) is 0 Å². The van der Waals surface area contributed by atoms with Crippen LogP contribution in [0.2, 0.25) is 5.02 Å². The summed E-state index contributed by atoms with van der Waals surface area (Å²) >= 11 is 5.69.